The highest BCUT2D eigenvalue weighted by Gasteiger charge is 2.12. The molecular weight excluding hydrogens is 262 g/mol. The minimum absolute atomic E-state index is 0.0708. The first-order valence-electron chi connectivity index (χ1n) is 7.30. The van der Waals surface area contributed by atoms with Gasteiger partial charge < -0.3 is 10.6 Å². The summed E-state index contributed by atoms with van der Waals surface area (Å²) in [7, 11) is 0. The lowest BCUT2D eigenvalue weighted by molar-refractivity contribution is -0.122. The van der Waals surface area contributed by atoms with Crippen LogP contribution in [0.3, 0.4) is 0 Å². The third-order valence-corrected chi connectivity index (χ3v) is 3.01. The minimum atomic E-state index is -0.170. The number of aromatic nitrogens is 1. The van der Waals surface area contributed by atoms with Gasteiger partial charge in [-0.1, -0.05) is 24.3 Å². The lowest BCUT2D eigenvalue weighted by atomic mass is 10.1. The number of nitrogens with zero attached hydrogens (tertiary/aromatic N) is 1. The second-order valence-electron chi connectivity index (χ2n) is 6.22. The summed E-state index contributed by atoms with van der Waals surface area (Å²) in [6.07, 6.45) is 0.477. The van der Waals surface area contributed by atoms with Crippen molar-refractivity contribution in [1.82, 2.24) is 15.6 Å². The maximum Gasteiger partial charge on any atom is 0.221 e. The molecule has 2 rings (SSSR count). The third kappa shape index (κ3) is 5.16. The Bertz CT molecular complexity index is 617. The summed E-state index contributed by atoms with van der Waals surface area (Å²) in [4.78, 5) is 16.3. The molecule has 0 aliphatic rings. The molecule has 0 saturated heterocycles. The summed E-state index contributed by atoms with van der Waals surface area (Å²) < 4.78 is 0. The highest BCUT2D eigenvalue weighted by molar-refractivity contribution is 5.78. The van der Waals surface area contributed by atoms with Crippen LogP contribution in [0, 0.1) is 0 Å². The fraction of sp³-hybridized carbons (Fsp3) is 0.412. The van der Waals surface area contributed by atoms with Crippen LogP contribution < -0.4 is 10.6 Å². The van der Waals surface area contributed by atoms with Gasteiger partial charge in [0.2, 0.25) is 5.91 Å². The van der Waals surface area contributed by atoms with Gasteiger partial charge in [0.25, 0.3) is 0 Å². The maximum atomic E-state index is 11.7. The van der Waals surface area contributed by atoms with Gasteiger partial charge in [0.15, 0.2) is 0 Å². The molecule has 0 atom stereocenters. The van der Waals surface area contributed by atoms with E-state index >= 15 is 0 Å². The largest absolute Gasteiger partial charge is 0.351 e. The SMILES string of the molecule is CC(C)(C)NC(=O)CCNCc1ccc2ccccc2n1. The van der Waals surface area contributed by atoms with E-state index in [4.69, 9.17) is 0 Å². The second-order valence-corrected chi connectivity index (χ2v) is 6.22. The quantitative estimate of drug-likeness (QED) is 0.830. The predicted octanol–water partition coefficient (Wildman–Crippen LogP) is 2.63. The van der Waals surface area contributed by atoms with E-state index in [0.717, 1.165) is 16.6 Å². The maximum absolute atomic E-state index is 11.7. The molecule has 0 bridgehead atoms. The zero-order valence-corrected chi connectivity index (χ0v) is 12.9. The molecule has 2 aromatic rings. The van der Waals surface area contributed by atoms with Crippen molar-refractivity contribution in [3.8, 4) is 0 Å². The molecule has 0 saturated carbocycles. The number of hydrogen-bond donors (Lipinski definition) is 2. The monoisotopic (exact) mass is 285 g/mol. The Hall–Kier alpha value is -1.94. The lowest BCUT2D eigenvalue weighted by Gasteiger charge is -2.20. The fourth-order valence-electron chi connectivity index (χ4n) is 2.11. The Morgan fingerprint density at radius 3 is 2.67 bits per heavy atom. The van der Waals surface area contributed by atoms with Crippen molar-refractivity contribution in [3.05, 3.63) is 42.1 Å². The van der Waals surface area contributed by atoms with Crippen LogP contribution in [0.1, 0.15) is 32.9 Å². The van der Waals surface area contributed by atoms with Crippen molar-refractivity contribution in [1.29, 1.82) is 0 Å². The number of carbonyl (C=O) groups excluding carboxylic acids is 1. The van der Waals surface area contributed by atoms with Crippen molar-refractivity contribution in [3.63, 3.8) is 0 Å². The van der Waals surface area contributed by atoms with E-state index < -0.39 is 0 Å². The molecule has 2 N–H and O–H groups in total. The number of pyridine rings is 1. The van der Waals surface area contributed by atoms with Crippen molar-refractivity contribution < 1.29 is 4.79 Å². The number of rotatable bonds is 5. The van der Waals surface area contributed by atoms with Crippen LogP contribution in [0.4, 0.5) is 0 Å². The number of hydrogen-bond acceptors (Lipinski definition) is 3. The number of carbonyl (C=O) groups is 1. The van der Waals surface area contributed by atoms with Crippen LogP contribution in [0.2, 0.25) is 0 Å². The molecule has 21 heavy (non-hydrogen) atoms. The average Bonchev–Trinajstić information content (AvgIpc) is 2.41. The first kappa shape index (κ1) is 15.4. The van der Waals surface area contributed by atoms with Crippen molar-refractivity contribution in [2.75, 3.05) is 6.54 Å². The fourth-order valence-corrected chi connectivity index (χ4v) is 2.11. The van der Waals surface area contributed by atoms with E-state index in [9.17, 15) is 4.79 Å². The highest BCUT2D eigenvalue weighted by atomic mass is 16.1. The zero-order valence-electron chi connectivity index (χ0n) is 12.9. The molecule has 112 valence electrons. The molecule has 0 radical (unpaired) electrons. The van der Waals surface area contributed by atoms with Gasteiger partial charge in [-0.15, -0.1) is 0 Å². The average molecular weight is 285 g/mol. The Morgan fingerprint density at radius 2 is 1.90 bits per heavy atom. The molecule has 0 spiro atoms. The standard InChI is InChI=1S/C17H23N3O/c1-17(2,3)20-16(21)10-11-18-12-14-9-8-13-6-4-5-7-15(13)19-14/h4-9,18H,10-12H2,1-3H3,(H,20,21). The normalized spacial score (nSPS) is 11.6. The molecule has 1 aromatic heterocycles. The van der Waals surface area contributed by atoms with Gasteiger partial charge in [-0.3, -0.25) is 9.78 Å². The third-order valence-electron chi connectivity index (χ3n) is 3.01. The molecule has 1 amide bonds. The molecule has 0 unspecified atom stereocenters. The van der Waals surface area contributed by atoms with E-state index in [0.29, 0.717) is 19.5 Å². The van der Waals surface area contributed by atoms with Gasteiger partial charge in [-0.05, 0) is 32.9 Å². The second kappa shape index (κ2) is 6.68. The number of para-hydroxylation sites is 1. The van der Waals surface area contributed by atoms with Crippen LogP contribution in [-0.4, -0.2) is 23.0 Å². The zero-order chi connectivity index (χ0) is 15.3. The Balaban J connectivity index is 1.79. The highest BCUT2D eigenvalue weighted by Crippen LogP contribution is 2.11. The first-order chi connectivity index (χ1) is 9.94. The summed E-state index contributed by atoms with van der Waals surface area (Å²) in [5.74, 6) is 0.0708. The molecule has 4 heteroatoms. The van der Waals surface area contributed by atoms with Gasteiger partial charge >= 0.3 is 0 Å². The van der Waals surface area contributed by atoms with E-state index in [-0.39, 0.29) is 11.4 Å². The number of amides is 1. The smallest absolute Gasteiger partial charge is 0.221 e. The van der Waals surface area contributed by atoms with Crippen LogP contribution in [0.5, 0.6) is 0 Å². The summed E-state index contributed by atoms with van der Waals surface area (Å²) in [6.45, 7) is 7.27. The number of benzene rings is 1. The van der Waals surface area contributed by atoms with Crippen molar-refractivity contribution >= 4 is 16.8 Å². The molecule has 0 fully saturated rings. The lowest BCUT2D eigenvalue weighted by Crippen LogP contribution is -2.41. The van der Waals surface area contributed by atoms with E-state index in [1.165, 1.54) is 0 Å². The van der Waals surface area contributed by atoms with Gasteiger partial charge in [0, 0.05) is 30.4 Å². The summed E-state index contributed by atoms with van der Waals surface area (Å²) in [6, 6.07) is 12.2. The van der Waals surface area contributed by atoms with Crippen molar-refractivity contribution in [2.45, 2.75) is 39.3 Å². The van der Waals surface area contributed by atoms with Crippen LogP contribution in [-0.2, 0) is 11.3 Å². The predicted molar refractivity (Wildman–Crippen MR) is 86.0 cm³/mol. The Kier molecular flexibility index (Phi) is 4.91. The van der Waals surface area contributed by atoms with Crippen LogP contribution in [0.25, 0.3) is 10.9 Å². The molecule has 4 nitrogen and oxygen atoms in total. The van der Waals surface area contributed by atoms with Crippen LogP contribution in [0.15, 0.2) is 36.4 Å². The van der Waals surface area contributed by atoms with E-state index in [1.54, 1.807) is 0 Å². The van der Waals surface area contributed by atoms with Crippen LogP contribution >= 0.6 is 0 Å². The van der Waals surface area contributed by atoms with Gasteiger partial charge in [0.05, 0.1) is 11.2 Å². The summed E-state index contributed by atoms with van der Waals surface area (Å²) >= 11 is 0. The molecule has 0 aliphatic heterocycles. The molecular formula is C17H23N3O. The summed E-state index contributed by atoms with van der Waals surface area (Å²) in [5.41, 5.74) is 1.82. The topological polar surface area (TPSA) is 54.0 Å². The molecule has 0 aliphatic carbocycles. The van der Waals surface area contributed by atoms with E-state index in [1.807, 2.05) is 45.0 Å². The molecule has 1 heterocycles. The number of fused-ring (bicyclic) bond motifs is 1. The van der Waals surface area contributed by atoms with Gasteiger partial charge in [0.1, 0.15) is 0 Å². The Labute approximate surface area is 126 Å². The van der Waals surface area contributed by atoms with Gasteiger partial charge in [-0.2, -0.15) is 0 Å². The first-order valence-corrected chi connectivity index (χ1v) is 7.30. The van der Waals surface area contributed by atoms with Crippen molar-refractivity contribution in [2.24, 2.45) is 0 Å². The van der Waals surface area contributed by atoms with Gasteiger partial charge in [-0.25, -0.2) is 0 Å². The Morgan fingerprint density at radius 1 is 1.14 bits per heavy atom. The number of nitrogens with one attached hydrogen (secondary N) is 2. The molecule has 1 aromatic carbocycles. The summed E-state index contributed by atoms with van der Waals surface area (Å²) in [5, 5.41) is 7.35. The minimum Gasteiger partial charge on any atom is -0.351 e. The van der Waals surface area contributed by atoms with E-state index in [2.05, 4.69) is 27.8 Å².